The first kappa shape index (κ1) is 11.8. The topological polar surface area (TPSA) is 42.0 Å². The van der Waals surface area contributed by atoms with Crippen LogP contribution < -0.4 is 5.32 Å². The molecule has 1 aromatic heterocycles. The molecule has 0 aromatic carbocycles. The molecule has 14 heavy (non-hydrogen) atoms. The predicted octanol–water partition coefficient (Wildman–Crippen LogP) is 3.11. The lowest BCUT2D eigenvalue weighted by atomic mass is 10.4. The molecule has 0 unspecified atom stereocenters. The van der Waals surface area contributed by atoms with Gasteiger partial charge in [-0.25, -0.2) is 4.98 Å². The fraction of sp³-hybridized carbons (Fsp3) is 0.250. The average molecular weight is 298 g/mol. The molecule has 0 fully saturated rings. The monoisotopic (exact) mass is 296 g/mol. The molecule has 0 aliphatic rings. The molecule has 76 valence electrons. The minimum atomic E-state index is -0.283. The summed E-state index contributed by atoms with van der Waals surface area (Å²) >= 11 is 14.6. The molecule has 0 aliphatic carbocycles. The zero-order valence-electron chi connectivity index (χ0n) is 7.22. The molecule has 0 aliphatic heterocycles. The number of nitrogens with one attached hydrogen (secondary N) is 1. The fourth-order valence-corrected chi connectivity index (χ4v) is 1.26. The Balaban J connectivity index is 2.82. The van der Waals surface area contributed by atoms with Crippen LogP contribution in [0.1, 0.15) is 6.92 Å². The maximum atomic E-state index is 11.3. The van der Waals surface area contributed by atoms with Crippen molar-refractivity contribution in [3.05, 3.63) is 22.4 Å². The van der Waals surface area contributed by atoms with Crippen LogP contribution >= 0.6 is 39.1 Å². The van der Waals surface area contributed by atoms with E-state index in [0.29, 0.717) is 15.9 Å². The van der Waals surface area contributed by atoms with Crippen molar-refractivity contribution in [1.29, 1.82) is 0 Å². The second-order valence-electron chi connectivity index (χ2n) is 2.59. The Bertz CT molecular complexity index is 357. The quantitative estimate of drug-likeness (QED) is 0.673. The summed E-state index contributed by atoms with van der Waals surface area (Å²) in [5.74, 6) is -0.184. The van der Waals surface area contributed by atoms with Gasteiger partial charge in [-0.2, -0.15) is 0 Å². The summed E-state index contributed by atoms with van der Waals surface area (Å²) in [6, 6.07) is 1.47. The summed E-state index contributed by atoms with van der Waals surface area (Å²) in [4.78, 5) is 14.8. The van der Waals surface area contributed by atoms with E-state index >= 15 is 0 Å². The normalized spacial score (nSPS) is 12.3. The molecule has 0 saturated carbocycles. The van der Waals surface area contributed by atoms with Crippen LogP contribution in [0.25, 0.3) is 0 Å². The highest BCUT2D eigenvalue weighted by molar-refractivity contribution is 9.10. The highest BCUT2D eigenvalue weighted by atomic mass is 79.9. The first-order valence-electron chi connectivity index (χ1n) is 3.76. The van der Waals surface area contributed by atoms with Gasteiger partial charge in [0.2, 0.25) is 5.91 Å². The largest absolute Gasteiger partial charge is 0.323 e. The minimum Gasteiger partial charge on any atom is -0.323 e. The van der Waals surface area contributed by atoms with Gasteiger partial charge in [0.25, 0.3) is 0 Å². The second kappa shape index (κ2) is 4.96. The van der Waals surface area contributed by atoms with Crippen LogP contribution in [0.15, 0.2) is 12.3 Å². The third-order valence-electron chi connectivity index (χ3n) is 1.44. The molecular formula is C8H7BrCl2N2O. The van der Waals surface area contributed by atoms with Crippen LogP contribution in [-0.4, -0.2) is 15.7 Å². The van der Waals surface area contributed by atoms with Gasteiger partial charge >= 0.3 is 0 Å². The van der Waals surface area contributed by atoms with Crippen molar-refractivity contribution in [2.24, 2.45) is 0 Å². The van der Waals surface area contributed by atoms with Crippen LogP contribution in [0, 0.1) is 0 Å². The van der Waals surface area contributed by atoms with E-state index in [-0.39, 0.29) is 10.7 Å². The zero-order valence-corrected chi connectivity index (χ0v) is 10.3. The van der Waals surface area contributed by atoms with E-state index in [1.807, 2.05) is 0 Å². The third kappa shape index (κ3) is 3.12. The maximum absolute atomic E-state index is 11.3. The number of nitrogens with zero attached hydrogens (tertiary/aromatic N) is 1. The van der Waals surface area contributed by atoms with Crippen LogP contribution in [0.5, 0.6) is 0 Å². The second-order valence-corrected chi connectivity index (χ2v) is 4.76. The number of aromatic nitrogens is 1. The van der Waals surface area contributed by atoms with E-state index in [4.69, 9.17) is 23.2 Å². The van der Waals surface area contributed by atoms with Gasteiger partial charge in [0.05, 0.1) is 21.7 Å². The molecule has 1 rings (SSSR count). The highest BCUT2D eigenvalue weighted by Crippen LogP contribution is 2.23. The molecule has 1 heterocycles. The van der Waals surface area contributed by atoms with Gasteiger partial charge in [0, 0.05) is 0 Å². The Hall–Kier alpha value is -0.320. The van der Waals surface area contributed by atoms with Crippen molar-refractivity contribution in [1.82, 2.24) is 4.98 Å². The van der Waals surface area contributed by atoms with Crippen LogP contribution in [0.3, 0.4) is 0 Å². The Morgan fingerprint density at radius 1 is 1.64 bits per heavy atom. The SMILES string of the molecule is C[C@H](Br)C(=O)Nc1cnc(Cl)cc1Cl. The van der Waals surface area contributed by atoms with Crippen molar-refractivity contribution < 1.29 is 4.79 Å². The van der Waals surface area contributed by atoms with Crippen molar-refractivity contribution in [3.63, 3.8) is 0 Å². The van der Waals surface area contributed by atoms with Crippen LogP contribution in [-0.2, 0) is 4.79 Å². The zero-order chi connectivity index (χ0) is 10.7. The third-order valence-corrected chi connectivity index (χ3v) is 2.37. The molecule has 1 atom stereocenters. The van der Waals surface area contributed by atoms with Crippen LogP contribution in [0.2, 0.25) is 10.2 Å². The first-order chi connectivity index (χ1) is 6.50. The Morgan fingerprint density at radius 2 is 2.29 bits per heavy atom. The van der Waals surface area contributed by atoms with Crippen molar-refractivity contribution in [2.75, 3.05) is 5.32 Å². The summed E-state index contributed by atoms with van der Waals surface area (Å²) in [7, 11) is 0. The smallest absolute Gasteiger partial charge is 0.237 e. The van der Waals surface area contributed by atoms with E-state index in [1.54, 1.807) is 6.92 Å². The van der Waals surface area contributed by atoms with Gasteiger partial charge in [0.15, 0.2) is 0 Å². The van der Waals surface area contributed by atoms with E-state index in [0.717, 1.165) is 0 Å². The molecule has 0 bridgehead atoms. The number of halogens is 3. The Labute approximate surface area is 99.9 Å². The van der Waals surface area contributed by atoms with Gasteiger partial charge in [-0.15, -0.1) is 0 Å². The molecular weight excluding hydrogens is 291 g/mol. The van der Waals surface area contributed by atoms with Crippen molar-refractivity contribution in [2.45, 2.75) is 11.8 Å². The number of hydrogen-bond acceptors (Lipinski definition) is 2. The number of pyridine rings is 1. The highest BCUT2D eigenvalue weighted by Gasteiger charge is 2.11. The number of carbonyl (C=O) groups is 1. The summed E-state index contributed by atoms with van der Waals surface area (Å²) in [6.45, 7) is 1.71. The molecule has 0 saturated heterocycles. The number of rotatable bonds is 2. The summed E-state index contributed by atoms with van der Waals surface area (Å²) < 4.78 is 0. The van der Waals surface area contributed by atoms with Crippen LogP contribution in [0.4, 0.5) is 5.69 Å². The van der Waals surface area contributed by atoms with E-state index in [9.17, 15) is 4.79 Å². The van der Waals surface area contributed by atoms with E-state index in [2.05, 4.69) is 26.2 Å². The van der Waals surface area contributed by atoms with Crippen molar-refractivity contribution in [3.8, 4) is 0 Å². The molecule has 0 spiro atoms. The van der Waals surface area contributed by atoms with E-state index in [1.165, 1.54) is 12.3 Å². The molecule has 1 aromatic rings. The molecule has 1 N–H and O–H groups in total. The van der Waals surface area contributed by atoms with E-state index < -0.39 is 0 Å². The Morgan fingerprint density at radius 3 is 2.79 bits per heavy atom. The average Bonchev–Trinajstić information content (AvgIpc) is 2.09. The fourth-order valence-electron chi connectivity index (χ4n) is 0.732. The lowest BCUT2D eigenvalue weighted by Gasteiger charge is -2.07. The van der Waals surface area contributed by atoms with Gasteiger partial charge in [-0.3, -0.25) is 4.79 Å². The van der Waals surface area contributed by atoms with Gasteiger partial charge in [-0.1, -0.05) is 39.1 Å². The summed E-state index contributed by atoms with van der Waals surface area (Å²) in [6.07, 6.45) is 1.41. The predicted molar refractivity (Wildman–Crippen MR) is 61.3 cm³/mol. The molecule has 3 nitrogen and oxygen atoms in total. The van der Waals surface area contributed by atoms with Crippen molar-refractivity contribution >= 4 is 50.7 Å². The number of carbonyl (C=O) groups excluding carboxylic acids is 1. The standard InChI is InChI=1S/C8H7BrCl2N2O/c1-4(9)8(14)13-6-3-12-7(11)2-5(6)10/h2-4H,1H3,(H,13,14)/t4-/m0/s1. The summed E-state index contributed by atoms with van der Waals surface area (Å²) in [5.41, 5.74) is 0.451. The lowest BCUT2D eigenvalue weighted by Crippen LogP contribution is -2.20. The molecule has 1 amide bonds. The minimum absolute atomic E-state index is 0.184. The lowest BCUT2D eigenvalue weighted by molar-refractivity contribution is -0.115. The number of amides is 1. The Kier molecular flexibility index (Phi) is 4.16. The van der Waals surface area contributed by atoms with Gasteiger partial charge in [-0.05, 0) is 13.0 Å². The molecule has 6 heteroatoms. The van der Waals surface area contributed by atoms with Gasteiger partial charge < -0.3 is 5.32 Å². The first-order valence-corrected chi connectivity index (χ1v) is 5.44. The summed E-state index contributed by atoms with van der Waals surface area (Å²) in [5, 5.41) is 3.26. The molecule has 0 radical (unpaired) electrons. The number of hydrogen-bond donors (Lipinski definition) is 1. The van der Waals surface area contributed by atoms with Gasteiger partial charge in [0.1, 0.15) is 5.15 Å². The maximum Gasteiger partial charge on any atom is 0.237 e. The number of alkyl halides is 1. The number of anilines is 1.